The average Bonchev–Trinajstić information content (AvgIpc) is 3.12. The Kier molecular flexibility index (Phi) is 5.50. The lowest BCUT2D eigenvalue weighted by Gasteiger charge is -2.15. The number of ether oxygens (including phenoxy) is 5. The van der Waals surface area contributed by atoms with Crippen molar-refractivity contribution < 1.29 is 28.8 Å². The van der Waals surface area contributed by atoms with E-state index in [0.717, 1.165) is 29.9 Å². The molecule has 0 radical (unpaired) electrons. The molecule has 0 aliphatic carbocycles. The van der Waals surface area contributed by atoms with Gasteiger partial charge < -0.3 is 28.8 Å². The number of methoxy groups -OCH3 is 2. The highest BCUT2D eigenvalue weighted by atomic mass is 16.7. The highest BCUT2D eigenvalue weighted by Crippen LogP contribution is 2.39. The quantitative estimate of drug-likeness (QED) is 0.792. The van der Waals surface area contributed by atoms with E-state index in [2.05, 4.69) is 0 Å². The molecule has 1 aliphatic rings. The van der Waals surface area contributed by atoms with Gasteiger partial charge in [-0.3, -0.25) is 0 Å². The molecule has 0 saturated carbocycles. The third-order valence-corrected chi connectivity index (χ3v) is 4.00. The molecule has 0 fully saturated rings. The molecule has 0 aromatic heterocycles. The molecule has 0 bridgehead atoms. The Balaban J connectivity index is 1.75. The molecule has 0 atom stereocenters. The summed E-state index contributed by atoms with van der Waals surface area (Å²) in [7, 11) is 3.17. The summed E-state index contributed by atoms with van der Waals surface area (Å²) in [4.78, 5) is 0. The van der Waals surface area contributed by atoms with Crippen LogP contribution in [0.1, 0.15) is 11.1 Å². The minimum atomic E-state index is -0.0713. The van der Waals surface area contributed by atoms with Crippen LogP contribution >= 0.6 is 0 Å². The first-order chi connectivity index (χ1) is 12.2. The van der Waals surface area contributed by atoms with E-state index >= 15 is 0 Å². The number of hydrogen-bond donors (Lipinski definition) is 1. The fourth-order valence-electron chi connectivity index (χ4n) is 2.75. The Morgan fingerprint density at radius 3 is 2.28 bits per heavy atom. The lowest BCUT2D eigenvalue weighted by molar-refractivity contribution is 0.174. The van der Waals surface area contributed by atoms with Gasteiger partial charge in [-0.1, -0.05) is 6.07 Å². The van der Waals surface area contributed by atoms with Gasteiger partial charge in [-0.2, -0.15) is 0 Å². The Hall–Kier alpha value is -2.60. The first-order valence-electron chi connectivity index (χ1n) is 8.12. The van der Waals surface area contributed by atoms with Crippen molar-refractivity contribution in [3.63, 3.8) is 0 Å². The molecule has 2 aromatic carbocycles. The van der Waals surface area contributed by atoms with Gasteiger partial charge in [-0.15, -0.1) is 0 Å². The second-order valence-electron chi connectivity index (χ2n) is 5.59. The predicted molar refractivity (Wildman–Crippen MR) is 92.1 cm³/mol. The zero-order chi connectivity index (χ0) is 17.6. The monoisotopic (exact) mass is 346 g/mol. The van der Waals surface area contributed by atoms with E-state index in [0.29, 0.717) is 17.2 Å². The largest absolute Gasteiger partial charge is 0.493 e. The number of aliphatic hydroxyl groups excluding tert-OH is 1. The van der Waals surface area contributed by atoms with Gasteiger partial charge in [0, 0.05) is 0 Å². The summed E-state index contributed by atoms with van der Waals surface area (Å²) < 4.78 is 27.1. The van der Waals surface area contributed by atoms with Crippen LogP contribution in [0.15, 0.2) is 30.3 Å². The van der Waals surface area contributed by atoms with Gasteiger partial charge in [0.05, 0.1) is 20.8 Å². The standard InChI is InChI=1S/C19H22O6/c1-21-17-10-14(11-18(22-2)19(17)23-8-7-20)4-3-13-5-6-15-16(9-13)25-12-24-15/h5-6,9-11,20H,3-4,7-8,12H2,1-2H3. The lowest BCUT2D eigenvalue weighted by Crippen LogP contribution is -2.05. The predicted octanol–water partition coefficient (Wildman–Crippen LogP) is 2.59. The zero-order valence-corrected chi connectivity index (χ0v) is 14.4. The number of hydrogen-bond acceptors (Lipinski definition) is 6. The van der Waals surface area contributed by atoms with E-state index in [-0.39, 0.29) is 20.0 Å². The Bertz CT molecular complexity index is 703. The fraction of sp³-hybridized carbons (Fsp3) is 0.368. The third-order valence-electron chi connectivity index (χ3n) is 4.00. The van der Waals surface area contributed by atoms with Crippen molar-refractivity contribution in [3.05, 3.63) is 41.5 Å². The first-order valence-corrected chi connectivity index (χ1v) is 8.12. The molecule has 0 spiro atoms. The maximum atomic E-state index is 8.96. The van der Waals surface area contributed by atoms with E-state index in [1.807, 2.05) is 30.3 Å². The minimum absolute atomic E-state index is 0.0713. The van der Waals surface area contributed by atoms with Gasteiger partial charge in [-0.05, 0) is 48.2 Å². The van der Waals surface area contributed by atoms with E-state index in [1.54, 1.807) is 14.2 Å². The van der Waals surface area contributed by atoms with Crippen LogP contribution in [0.2, 0.25) is 0 Å². The van der Waals surface area contributed by atoms with Crippen LogP contribution in [0.3, 0.4) is 0 Å². The van der Waals surface area contributed by atoms with Gasteiger partial charge in [0.1, 0.15) is 6.61 Å². The van der Waals surface area contributed by atoms with Crippen molar-refractivity contribution in [1.29, 1.82) is 0 Å². The molecule has 134 valence electrons. The summed E-state index contributed by atoms with van der Waals surface area (Å²) >= 11 is 0. The van der Waals surface area contributed by atoms with Gasteiger partial charge >= 0.3 is 0 Å². The molecule has 0 unspecified atom stereocenters. The molecule has 6 nitrogen and oxygen atoms in total. The van der Waals surface area contributed by atoms with Crippen LogP contribution in [-0.4, -0.2) is 39.3 Å². The van der Waals surface area contributed by atoms with E-state index in [4.69, 9.17) is 28.8 Å². The zero-order valence-electron chi connectivity index (χ0n) is 14.4. The number of aryl methyl sites for hydroxylation is 2. The van der Waals surface area contributed by atoms with Crippen LogP contribution in [0, 0.1) is 0 Å². The fourth-order valence-corrected chi connectivity index (χ4v) is 2.75. The van der Waals surface area contributed by atoms with Gasteiger partial charge in [0.25, 0.3) is 0 Å². The maximum Gasteiger partial charge on any atom is 0.231 e. The summed E-state index contributed by atoms with van der Waals surface area (Å²) in [6, 6.07) is 9.85. The van der Waals surface area contributed by atoms with Crippen LogP contribution in [-0.2, 0) is 12.8 Å². The van der Waals surface area contributed by atoms with E-state index in [1.165, 1.54) is 5.56 Å². The van der Waals surface area contributed by atoms with Crippen molar-refractivity contribution in [2.24, 2.45) is 0 Å². The molecule has 6 heteroatoms. The van der Waals surface area contributed by atoms with Crippen molar-refractivity contribution >= 4 is 0 Å². The SMILES string of the molecule is COc1cc(CCc2ccc3c(c2)OCO3)cc(OC)c1OCCO. The van der Waals surface area contributed by atoms with Crippen molar-refractivity contribution in [2.45, 2.75) is 12.8 Å². The molecular formula is C19H22O6. The number of fused-ring (bicyclic) bond motifs is 1. The smallest absolute Gasteiger partial charge is 0.231 e. The third kappa shape index (κ3) is 3.91. The highest BCUT2D eigenvalue weighted by molar-refractivity contribution is 5.54. The first kappa shape index (κ1) is 17.2. The number of aliphatic hydroxyl groups is 1. The van der Waals surface area contributed by atoms with E-state index < -0.39 is 0 Å². The van der Waals surface area contributed by atoms with E-state index in [9.17, 15) is 0 Å². The maximum absolute atomic E-state index is 8.96. The molecule has 3 rings (SSSR count). The summed E-state index contributed by atoms with van der Waals surface area (Å²) in [5, 5.41) is 8.96. The number of rotatable bonds is 8. The van der Waals surface area contributed by atoms with Crippen molar-refractivity contribution in [2.75, 3.05) is 34.2 Å². The molecule has 0 saturated heterocycles. The second-order valence-corrected chi connectivity index (χ2v) is 5.59. The van der Waals surface area contributed by atoms with Crippen LogP contribution < -0.4 is 23.7 Å². The summed E-state index contributed by atoms with van der Waals surface area (Å²) in [6.45, 7) is 0.393. The summed E-state index contributed by atoms with van der Waals surface area (Å²) in [5.41, 5.74) is 2.24. The van der Waals surface area contributed by atoms with Gasteiger partial charge in [0.2, 0.25) is 12.5 Å². The lowest BCUT2D eigenvalue weighted by atomic mass is 10.0. The molecule has 1 N–H and O–H groups in total. The Morgan fingerprint density at radius 1 is 0.920 bits per heavy atom. The van der Waals surface area contributed by atoms with Crippen molar-refractivity contribution in [1.82, 2.24) is 0 Å². The molecular weight excluding hydrogens is 324 g/mol. The van der Waals surface area contributed by atoms with Crippen LogP contribution in [0.4, 0.5) is 0 Å². The normalized spacial score (nSPS) is 12.1. The average molecular weight is 346 g/mol. The van der Waals surface area contributed by atoms with Crippen molar-refractivity contribution in [3.8, 4) is 28.7 Å². The molecule has 0 amide bonds. The van der Waals surface area contributed by atoms with Gasteiger partial charge in [-0.25, -0.2) is 0 Å². The topological polar surface area (TPSA) is 66.4 Å². The van der Waals surface area contributed by atoms with Gasteiger partial charge in [0.15, 0.2) is 23.0 Å². The summed E-state index contributed by atoms with van der Waals surface area (Å²) in [6.07, 6.45) is 1.66. The molecule has 2 aromatic rings. The Morgan fingerprint density at radius 2 is 1.60 bits per heavy atom. The molecule has 1 aliphatic heterocycles. The second kappa shape index (κ2) is 7.98. The van der Waals surface area contributed by atoms with Crippen LogP contribution in [0.25, 0.3) is 0 Å². The number of benzene rings is 2. The molecule has 25 heavy (non-hydrogen) atoms. The molecule has 1 heterocycles. The minimum Gasteiger partial charge on any atom is -0.493 e. The van der Waals surface area contributed by atoms with Crippen LogP contribution in [0.5, 0.6) is 28.7 Å². The summed E-state index contributed by atoms with van der Waals surface area (Å²) in [5.74, 6) is 3.27. The Labute approximate surface area is 146 Å². The highest BCUT2D eigenvalue weighted by Gasteiger charge is 2.16.